The normalized spacial score (nSPS) is 11.6. The summed E-state index contributed by atoms with van der Waals surface area (Å²) in [4.78, 5) is 12.0. The number of aromatic nitrogens is 1. The first-order valence-corrected chi connectivity index (χ1v) is 10.0. The van der Waals surface area contributed by atoms with Crippen molar-refractivity contribution in [1.82, 2.24) is 5.16 Å². The molecule has 0 fully saturated rings. The number of nitrogens with zero attached hydrogens (tertiary/aromatic N) is 1. The van der Waals surface area contributed by atoms with E-state index in [9.17, 15) is 17.6 Å². The van der Waals surface area contributed by atoms with Gasteiger partial charge >= 0.3 is 0 Å². The number of benzene rings is 2. The Balaban J connectivity index is 1.66. The average molecular weight is 415 g/mol. The third kappa shape index (κ3) is 5.08. The van der Waals surface area contributed by atoms with E-state index in [0.717, 1.165) is 0 Å². The van der Waals surface area contributed by atoms with Gasteiger partial charge in [0.05, 0.1) is 10.6 Å². The second kappa shape index (κ2) is 8.27. The highest BCUT2D eigenvalue weighted by Crippen LogP contribution is 2.22. The second-order valence-electron chi connectivity index (χ2n) is 6.23. The van der Waals surface area contributed by atoms with Crippen LogP contribution in [0, 0.1) is 19.7 Å². The number of carbonyl (C=O) groups is 1. The van der Waals surface area contributed by atoms with E-state index in [1.807, 2.05) is 0 Å². The lowest BCUT2D eigenvalue weighted by Crippen LogP contribution is -2.13. The van der Waals surface area contributed by atoms with E-state index in [0.29, 0.717) is 22.5 Å². The molecule has 150 valence electrons. The Labute approximate surface area is 167 Å². The molecule has 2 N–H and O–H groups in total. The van der Waals surface area contributed by atoms with Crippen LogP contribution in [-0.4, -0.2) is 19.5 Å². The molecule has 0 unspecified atom stereocenters. The summed E-state index contributed by atoms with van der Waals surface area (Å²) >= 11 is 0. The largest absolute Gasteiger partial charge is 0.337 e. The first-order chi connectivity index (χ1) is 13.7. The molecular weight excluding hydrogens is 397 g/mol. The standard InChI is InChI=1S/C20H18FN3O4S/c1-13-14(2)23-28-20(13)24-29(26,27)18-9-7-17(8-10-18)22-19(25)11-6-15-4-3-5-16(21)12-15/h3-12,24H,1-2H3,(H,22,25)/b11-6+. The predicted molar refractivity (Wildman–Crippen MR) is 107 cm³/mol. The van der Waals surface area contributed by atoms with Crippen LogP contribution in [0.3, 0.4) is 0 Å². The molecule has 2 aromatic carbocycles. The highest BCUT2D eigenvalue weighted by atomic mass is 32.2. The van der Waals surface area contributed by atoms with E-state index in [1.54, 1.807) is 26.0 Å². The molecule has 0 radical (unpaired) electrons. The number of halogens is 1. The topological polar surface area (TPSA) is 101 Å². The summed E-state index contributed by atoms with van der Waals surface area (Å²) in [5, 5.41) is 6.31. The first kappa shape index (κ1) is 20.3. The molecule has 0 spiro atoms. The van der Waals surface area contributed by atoms with Gasteiger partial charge in [0, 0.05) is 17.3 Å². The highest BCUT2D eigenvalue weighted by Gasteiger charge is 2.19. The van der Waals surface area contributed by atoms with Gasteiger partial charge in [-0.05, 0) is 61.9 Å². The van der Waals surface area contributed by atoms with Crippen LogP contribution in [0.25, 0.3) is 6.08 Å². The van der Waals surface area contributed by atoms with Crippen molar-refractivity contribution in [2.75, 3.05) is 10.0 Å². The van der Waals surface area contributed by atoms with E-state index >= 15 is 0 Å². The number of hydrogen-bond acceptors (Lipinski definition) is 5. The van der Waals surface area contributed by atoms with Gasteiger partial charge < -0.3 is 9.84 Å². The molecule has 3 rings (SSSR count). The fraction of sp³-hybridized carbons (Fsp3) is 0.100. The van der Waals surface area contributed by atoms with Crippen molar-refractivity contribution in [3.8, 4) is 0 Å². The Hall–Kier alpha value is -3.46. The lowest BCUT2D eigenvalue weighted by Gasteiger charge is -2.07. The Morgan fingerprint density at radius 2 is 1.86 bits per heavy atom. The van der Waals surface area contributed by atoms with Crippen LogP contribution in [0.4, 0.5) is 16.0 Å². The Morgan fingerprint density at radius 1 is 1.14 bits per heavy atom. The maximum atomic E-state index is 13.1. The molecule has 0 aliphatic rings. The molecule has 0 atom stereocenters. The second-order valence-corrected chi connectivity index (χ2v) is 7.91. The van der Waals surface area contributed by atoms with Crippen molar-refractivity contribution < 1.29 is 22.1 Å². The number of hydrogen-bond donors (Lipinski definition) is 2. The third-order valence-corrected chi connectivity index (χ3v) is 5.44. The van der Waals surface area contributed by atoms with E-state index in [2.05, 4.69) is 15.2 Å². The molecule has 1 aromatic heterocycles. The minimum absolute atomic E-state index is 0.000690. The van der Waals surface area contributed by atoms with Crippen molar-refractivity contribution in [2.24, 2.45) is 0 Å². The molecule has 29 heavy (non-hydrogen) atoms. The van der Waals surface area contributed by atoms with E-state index < -0.39 is 21.7 Å². The zero-order valence-electron chi connectivity index (χ0n) is 15.6. The SMILES string of the molecule is Cc1noc(NS(=O)(=O)c2ccc(NC(=O)/C=C/c3cccc(F)c3)cc2)c1C. The van der Waals surface area contributed by atoms with E-state index in [-0.39, 0.29) is 10.8 Å². The van der Waals surface area contributed by atoms with Crippen LogP contribution in [0.2, 0.25) is 0 Å². The number of carbonyl (C=O) groups excluding carboxylic acids is 1. The summed E-state index contributed by atoms with van der Waals surface area (Å²) in [5.74, 6) is -0.772. The Kier molecular flexibility index (Phi) is 5.79. The molecule has 0 saturated carbocycles. The van der Waals surface area contributed by atoms with Crippen LogP contribution in [0.5, 0.6) is 0 Å². The quantitative estimate of drug-likeness (QED) is 0.595. The minimum Gasteiger partial charge on any atom is -0.337 e. The lowest BCUT2D eigenvalue weighted by molar-refractivity contribution is -0.111. The van der Waals surface area contributed by atoms with Crippen LogP contribution in [0.15, 0.2) is 64.0 Å². The van der Waals surface area contributed by atoms with Crippen LogP contribution in [0.1, 0.15) is 16.8 Å². The molecular formula is C20H18FN3O4S. The predicted octanol–water partition coefficient (Wildman–Crippen LogP) is 3.88. The van der Waals surface area contributed by atoms with Crippen molar-refractivity contribution in [3.63, 3.8) is 0 Å². The van der Waals surface area contributed by atoms with Crippen molar-refractivity contribution in [1.29, 1.82) is 0 Å². The number of amides is 1. The molecule has 0 aliphatic heterocycles. The molecule has 0 aliphatic carbocycles. The monoisotopic (exact) mass is 415 g/mol. The van der Waals surface area contributed by atoms with Gasteiger partial charge in [-0.25, -0.2) is 17.5 Å². The van der Waals surface area contributed by atoms with Crippen molar-refractivity contribution in [3.05, 3.63) is 77.2 Å². The van der Waals surface area contributed by atoms with Gasteiger partial charge in [0.2, 0.25) is 11.8 Å². The molecule has 7 nitrogen and oxygen atoms in total. The lowest BCUT2D eigenvalue weighted by atomic mass is 10.2. The van der Waals surface area contributed by atoms with Crippen LogP contribution in [-0.2, 0) is 14.8 Å². The smallest absolute Gasteiger partial charge is 0.264 e. The number of sulfonamides is 1. The van der Waals surface area contributed by atoms with Gasteiger partial charge in [0.25, 0.3) is 10.0 Å². The summed E-state index contributed by atoms with van der Waals surface area (Å²) in [7, 11) is -3.86. The van der Waals surface area contributed by atoms with Gasteiger partial charge in [-0.15, -0.1) is 0 Å². The van der Waals surface area contributed by atoms with Crippen molar-refractivity contribution in [2.45, 2.75) is 18.7 Å². The summed E-state index contributed by atoms with van der Waals surface area (Å²) < 4.78 is 45.4. The maximum Gasteiger partial charge on any atom is 0.264 e. The van der Waals surface area contributed by atoms with Crippen LogP contribution < -0.4 is 10.0 Å². The van der Waals surface area contributed by atoms with Gasteiger partial charge in [0.15, 0.2) is 0 Å². The van der Waals surface area contributed by atoms with Gasteiger partial charge in [-0.1, -0.05) is 17.3 Å². The molecule has 3 aromatic rings. The number of rotatable bonds is 6. The Morgan fingerprint density at radius 3 is 2.48 bits per heavy atom. The summed E-state index contributed by atoms with van der Waals surface area (Å²) in [6.45, 7) is 3.40. The Bertz CT molecular complexity index is 1170. The number of aryl methyl sites for hydroxylation is 1. The zero-order valence-corrected chi connectivity index (χ0v) is 16.5. The molecule has 1 heterocycles. The maximum absolute atomic E-state index is 13.1. The number of nitrogens with one attached hydrogen (secondary N) is 2. The third-order valence-electron chi connectivity index (χ3n) is 4.09. The molecule has 9 heteroatoms. The van der Waals surface area contributed by atoms with E-state index in [1.165, 1.54) is 48.6 Å². The fourth-order valence-corrected chi connectivity index (χ4v) is 3.42. The number of anilines is 2. The first-order valence-electron chi connectivity index (χ1n) is 8.55. The molecule has 1 amide bonds. The van der Waals surface area contributed by atoms with Gasteiger partial charge in [0.1, 0.15) is 5.82 Å². The molecule has 0 bridgehead atoms. The van der Waals surface area contributed by atoms with Gasteiger partial charge in [-0.2, -0.15) is 0 Å². The van der Waals surface area contributed by atoms with Crippen molar-refractivity contribution >= 4 is 33.6 Å². The summed E-state index contributed by atoms with van der Waals surface area (Å²) in [5.41, 5.74) is 2.14. The highest BCUT2D eigenvalue weighted by molar-refractivity contribution is 7.92. The zero-order chi connectivity index (χ0) is 21.0. The minimum atomic E-state index is -3.86. The average Bonchev–Trinajstić information content (AvgIpc) is 2.98. The summed E-state index contributed by atoms with van der Waals surface area (Å²) in [6.07, 6.45) is 2.73. The van der Waals surface area contributed by atoms with Crippen LogP contribution >= 0.6 is 0 Å². The van der Waals surface area contributed by atoms with Gasteiger partial charge in [-0.3, -0.25) is 4.79 Å². The fourth-order valence-electron chi connectivity index (χ4n) is 2.38. The molecule has 0 saturated heterocycles. The summed E-state index contributed by atoms with van der Waals surface area (Å²) in [6, 6.07) is 11.4. The van der Waals surface area contributed by atoms with E-state index in [4.69, 9.17) is 4.52 Å².